The van der Waals surface area contributed by atoms with Gasteiger partial charge < -0.3 is 16.2 Å². The van der Waals surface area contributed by atoms with Gasteiger partial charge in [-0.2, -0.15) is 12.6 Å². The molecule has 0 aromatic heterocycles. The molecule has 4 N–H and O–H groups in total. The van der Waals surface area contributed by atoms with Crippen molar-refractivity contribution >= 4 is 36.1 Å². The van der Waals surface area contributed by atoms with Crippen molar-refractivity contribution in [3.05, 3.63) is 34.9 Å². The minimum atomic E-state index is -1.15. The van der Waals surface area contributed by atoms with E-state index in [4.69, 9.17) is 22.4 Å². The highest BCUT2D eigenvalue weighted by Gasteiger charge is 2.34. The molecule has 0 bridgehead atoms. The Morgan fingerprint density at radius 2 is 1.90 bits per heavy atom. The van der Waals surface area contributed by atoms with Gasteiger partial charge in [-0.1, -0.05) is 23.7 Å². The van der Waals surface area contributed by atoms with Gasteiger partial charge >= 0.3 is 5.97 Å². The number of carbonyl (C=O) groups is 2. The number of hydrogen-bond acceptors (Lipinski definition) is 4. The third-order valence-corrected chi connectivity index (χ3v) is 3.46. The van der Waals surface area contributed by atoms with Crippen LogP contribution < -0.4 is 11.1 Å². The molecule has 1 rings (SSSR count). The van der Waals surface area contributed by atoms with Crippen LogP contribution in [0.25, 0.3) is 0 Å². The lowest BCUT2D eigenvalue weighted by molar-refractivity contribution is -0.142. The fraction of sp³-hybridized carbons (Fsp3) is 0.429. The number of benzene rings is 1. The summed E-state index contributed by atoms with van der Waals surface area (Å²) in [5.74, 6) is -1.68. The van der Waals surface area contributed by atoms with Gasteiger partial charge in [0.1, 0.15) is 6.04 Å². The Balaban J connectivity index is 2.69. The molecule has 5 nitrogen and oxygen atoms in total. The van der Waals surface area contributed by atoms with Crippen LogP contribution >= 0.6 is 24.2 Å². The highest BCUT2D eigenvalue weighted by molar-refractivity contribution is 7.81. The summed E-state index contributed by atoms with van der Waals surface area (Å²) in [6.07, 6.45) is 0.294. The third-order valence-electron chi connectivity index (χ3n) is 2.95. The van der Waals surface area contributed by atoms with Crippen LogP contribution in [-0.2, 0) is 16.0 Å². The van der Waals surface area contributed by atoms with Gasteiger partial charge in [0.05, 0.1) is 6.04 Å². The van der Waals surface area contributed by atoms with Crippen LogP contribution in [0, 0.1) is 0 Å². The Labute approximate surface area is 134 Å². The summed E-state index contributed by atoms with van der Waals surface area (Å²) in [7, 11) is 0. The molecule has 0 spiro atoms. The summed E-state index contributed by atoms with van der Waals surface area (Å²) in [5.41, 5.74) is 6.66. The molecule has 21 heavy (non-hydrogen) atoms. The van der Waals surface area contributed by atoms with E-state index in [0.717, 1.165) is 5.56 Å². The number of carboxylic acids is 1. The molecule has 0 unspecified atom stereocenters. The van der Waals surface area contributed by atoms with Gasteiger partial charge in [-0.15, -0.1) is 0 Å². The number of carboxylic acid groups (broad SMARTS) is 1. The highest BCUT2D eigenvalue weighted by Crippen LogP contribution is 2.18. The number of amides is 1. The summed E-state index contributed by atoms with van der Waals surface area (Å²) in [5, 5.41) is 12.2. The molecular weight excluding hydrogens is 312 g/mol. The molecular formula is C14H19ClN2O3S. The van der Waals surface area contributed by atoms with Gasteiger partial charge in [0.15, 0.2) is 0 Å². The van der Waals surface area contributed by atoms with Crippen molar-refractivity contribution in [1.82, 2.24) is 5.32 Å². The second-order valence-electron chi connectivity index (χ2n) is 5.37. The first-order chi connectivity index (χ1) is 9.61. The number of aliphatic carboxylic acids is 1. The van der Waals surface area contributed by atoms with Crippen LogP contribution in [0.2, 0.25) is 5.02 Å². The molecule has 0 radical (unpaired) electrons. The van der Waals surface area contributed by atoms with E-state index in [0.29, 0.717) is 11.4 Å². The van der Waals surface area contributed by atoms with E-state index in [9.17, 15) is 9.59 Å². The van der Waals surface area contributed by atoms with Crippen molar-refractivity contribution in [2.24, 2.45) is 5.73 Å². The van der Waals surface area contributed by atoms with Crippen molar-refractivity contribution < 1.29 is 14.7 Å². The number of hydrogen-bond donors (Lipinski definition) is 4. The lowest BCUT2D eigenvalue weighted by Gasteiger charge is -2.28. The third kappa shape index (κ3) is 5.57. The van der Waals surface area contributed by atoms with E-state index in [1.54, 1.807) is 38.1 Å². The molecule has 7 heteroatoms. The fourth-order valence-corrected chi connectivity index (χ4v) is 2.06. The average molecular weight is 331 g/mol. The van der Waals surface area contributed by atoms with Crippen molar-refractivity contribution in [3.63, 3.8) is 0 Å². The molecule has 1 aromatic rings. The number of nitrogens with one attached hydrogen (secondary N) is 1. The molecule has 0 fully saturated rings. The predicted molar refractivity (Wildman–Crippen MR) is 85.8 cm³/mol. The van der Waals surface area contributed by atoms with E-state index >= 15 is 0 Å². The van der Waals surface area contributed by atoms with Crippen molar-refractivity contribution in [3.8, 4) is 0 Å². The first kappa shape index (κ1) is 17.8. The second kappa shape index (κ2) is 7.15. The van der Waals surface area contributed by atoms with Crippen molar-refractivity contribution in [2.75, 3.05) is 0 Å². The van der Waals surface area contributed by atoms with Crippen molar-refractivity contribution in [1.29, 1.82) is 0 Å². The quantitative estimate of drug-likeness (QED) is 0.595. The maximum Gasteiger partial charge on any atom is 0.327 e. The van der Waals surface area contributed by atoms with E-state index in [2.05, 4.69) is 17.9 Å². The Morgan fingerprint density at radius 3 is 2.33 bits per heavy atom. The molecule has 0 aliphatic heterocycles. The topological polar surface area (TPSA) is 92.4 Å². The first-order valence-electron chi connectivity index (χ1n) is 6.37. The van der Waals surface area contributed by atoms with Crippen LogP contribution in [-0.4, -0.2) is 33.8 Å². The fourth-order valence-electron chi connectivity index (χ4n) is 1.76. The zero-order chi connectivity index (χ0) is 16.2. The molecule has 0 saturated heterocycles. The molecule has 0 aliphatic rings. The summed E-state index contributed by atoms with van der Waals surface area (Å²) in [6, 6.07) is 4.99. The maximum absolute atomic E-state index is 12.0. The van der Waals surface area contributed by atoms with Gasteiger partial charge in [-0.25, -0.2) is 4.79 Å². The SMILES string of the molecule is CC(C)(S)[C@@H](NC(=O)[C@@H](N)Cc1ccc(Cl)cc1)C(=O)O. The maximum atomic E-state index is 12.0. The minimum absolute atomic E-state index is 0.294. The highest BCUT2D eigenvalue weighted by atomic mass is 35.5. The summed E-state index contributed by atoms with van der Waals surface area (Å²) < 4.78 is -0.901. The van der Waals surface area contributed by atoms with Crippen LogP contribution in [0.3, 0.4) is 0 Å². The summed E-state index contributed by atoms with van der Waals surface area (Å²) >= 11 is 9.97. The molecule has 0 aliphatic carbocycles. The van der Waals surface area contributed by atoms with Crippen LogP contribution in [0.1, 0.15) is 19.4 Å². The van der Waals surface area contributed by atoms with Gasteiger partial charge in [0, 0.05) is 9.77 Å². The number of thiol groups is 1. The normalized spacial score (nSPS) is 14.3. The van der Waals surface area contributed by atoms with Gasteiger partial charge in [0.25, 0.3) is 0 Å². The molecule has 1 aromatic carbocycles. The Morgan fingerprint density at radius 1 is 1.38 bits per heavy atom. The molecule has 116 valence electrons. The molecule has 2 atom stereocenters. The monoisotopic (exact) mass is 330 g/mol. The van der Waals surface area contributed by atoms with E-state index < -0.39 is 28.7 Å². The number of rotatable bonds is 6. The molecule has 1 amide bonds. The largest absolute Gasteiger partial charge is 0.480 e. The average Bonchev–Trinajstić information content (AvgIpc) is 2.36. The molecule has 0 heterocycles. The first-order valence-corrected chi connectivity index (χ1v) is 7.19. The lowest BCUT2D eigenvalue weighted by atomic mass is 10.0. The Bertz CT molecular complexity index is 514. The van der Waals surface area contributed by atoms with Gasteiger partial charge in [0.2, 0.25) is 5.91 Å². The van der Waals surface area contributed by atoms with Crippen LogP contribution in [0.4, 0.5) is 0 Å². The summed E-state index contributed by atoms with van der Waals surface area (Å²) in [6.45, 7) is 3.22. The smallest absolute Gasteiger partial charge is 0.327 e. The molecule has 0 saturated carbocycles. The number of carbonyl (C=O) groups excluding carboxylic acids is 1. The van der Waals surface area contributed by atoms with Gasteiger partial charge in [-0.3, -0.25) is 4.79 Å². The zero-order valence-corrected chi connectivity index (χ0v) is 13.5. The predicted octanol–water partition coefficient (Wildman–Crippen LogP) is 1.49. The van der Waals surface area contributed by atoms with E-state index in [-0.39, 0.29) is 0 Å². The number of nitrogens with two attached hydrogens (primary N) is 1. The van der Waals surface area contributed by atoms with Crippen LogP contribution in [0.5, 0.6) is 0 Å². The van der Waals surface area contributed by atoms with E-state index in [1.165, 1.54) is 0 Å². The zero-order valence-electron chi connectivity index (χ0n) is 11.8. The van der Waals surface area contributed by atoms with Crippen molar-refractivity contribution in [2.45, 2.75) is 37.1 Å². The summed E-state index contributed by atoms with van der Waals surface area (Å²) in [4.78, 5) is 23.2. The standard InChI is InChI=1S/C14H19ClN2O3S/c1-14(2,21)11(13(19)20)17-12(18)10(16)7-8-3-5-9(15)6-4-8/h3-6,10-11,21H,7,16H2,1-2H3,(H,17,18)(H,19,20)/t10-,11-/m0/s1. The Kier molecular flexibility index (Phi) is 6.07. The van der Waals surface area contributed by atoms with Crippen LogP contribution in [0.15, 0.2) is 24.3 Å². The van der Waals surface area contributed by atoms with Gasteiger partial charge in [-0.05, 0) is 38.0 Å². The lowest BCUT2D eigenvalue weighted by Crippen LogP contribution is -2.55. The Hall–Kier alpha value is -1.24. The number of halogens is 1. The second-order valence-corrected chi connectivity index (χ2v) is 6.96. The van der Waals surface area contributed by atoms with E-state index in [1.807, 2.05) is 0 Å². The minimum Gasteiger partial charge on any atom is -0.480 e.